The van der Waals surface area contributed by atoms with Gasteiger partial charge in [0.2, 0.25) is 0 Å². The van der Waals surface area contributed by atoms with Crippen molar-refractivity contribution in [1.82, 2.24) is 10.6 Å². The molecule has 0 fully saturated rings. The minimum absolute atomic E-state index is 0.00475. The Hall–Kier alpha value is -1.26. The number of hydrogen-bond donors (Lipinski definition) is 3. The Bertz CT molecular complexity index is 277. The predicted octanol–water partition coefficient (Wildman–Crippen LogP) is 2.08. The van der Waals surface area contributed by atoms with E-state index in [1.54, 1.807) is 0 Å². The van der Waals surface area contributed by atoms with E-state index in [9.17, 15) is 9.59 Å². The number of carbonyl (C=O) groups is 2. The first-order valence-corrected chi connectivity index (χ1v) is 6.56. The van der Waals surface area contributed by atoms with Crippen LogP contribution < -0.4 is 10.6 Å². The lowest BCUT2D eigenvalue weighted by Gasteiger charge is -2.22. The minimum atomic E-state index is -0.874. The van der Waals surface area contributed by atoms with Crippen LogP contribution in [-0.4, -0.2) is 29.7 Å². The normalized spacial score (nSPS) is 14.4. The van der Waals surface area contributed by atoms with Crippen LogP contribution in [0.25, 0.3) is 0 Å². The van der Waals surface area contributed by atoms with Crippen molar-refractivity contribution in [3.63, 3.8) is 0 Å². The van der Waals surface area contributed by atoms with Crippen molar-refractivity contribution in [3.05, 3.63) is 0 Å². The second-order valence-electron chi connectivity index (χ2n) is 5.30. The Morgan fingerprint density at radius 2 is 1.67 bits per heavy atom. The summed E-state index contributed by atoms with van der Waals surface area (Å²) in [6.45, 7) is 9.93. The van der Waals surface area contributed by atoms with Gasteiger partial charge < -0.3 is 15.7 Å². The molecule has 2 amide bonds. The zero-order valence-electron chi connectivity index (χ0n) is 12.0. The van der Waals surface area contributed by atoms with Gasteiger partial charge in [0.15, 0.2) is 0 Å². The molecule has 5 heteroatoms. The highest BCUT2D eigenvalue weighted by atomic mass is 16.4. The molecule has 0 aliphatic carbocycles. The number of rotatable bonds is 7. The average molecular weight is 258 g/mol. The van der Waals surface area contributed by atoms with Gasteiger partial charge in [0, 0.05) is 12.6 Å². The third-order valence-corrected chi connectivity index (χ3v) is 3.17. The summed E-state index contributed by atoms with van der Waals surface area (Å²) in [7, 11) is 0. The van der Waals surface area contributed by atoms with Crippen LogP contribution >= 0.6 is 0 Å². The molecule has 0 saturated heterocycles. The molecule has 0 spiro atoms. The van der Waals surface area contributed by atoms with Crippen LogP contribution in [0.5, 0.6) is 0 Å². The maximum atomic E-state index is 11.7. The monoisotopic (exact) mass is 258 g/mol. The summed E-state index contributed by atoms with van der Waals surface area (Å²) in [6.07, 6.45) is 0.859. The molecule has 18 heavy (non-hydrogen) atoms. The zero-order chi connectivity index (χ0) is 14.3. The number of carboxylic acids is 1. The zero-order valence-corrected chi connectivity index (χ0v) is 12.0. The fourth-order valence-corrected chi connectivity index (χ4v) is 1.77. The first-order valence-electron chi connectivity index (χ1n) is 6.56. The summed E-state index contributed by atoms with van der Waals surface area (Å²) in [5.74, 6) is -1.06. The summed E-state index contributed by atoms with van der Waals surface area (Å²) in [5, 5.41) is 14.5. The van der Waals surface area contributed by atoms with Gasteiger partial charge in [0.05, 0.1) is 5.92 Å². The molecule has 0 aliphatic heterocycles. The second kappa shape index (κ2) is 7.95. The van der Waals surface area contributed by atoms with Gasteiger partial charge in [-0.1, -0.05) is 34.6 Å². The van der Waals surface area contributed by atoms with Crippen LogP contribution in [0.1, 0.15) is 41.0 Å². The fraction of sp³-hybridized carbons (Fsp3) is 0.846. The molecule has 0 saturated carbocycles. The molecule has 2 atom stereocenters. The minimum Gasteiger partial charge on any atom is -0.481 e. The topological polar surface area (TPSA) is 78.4 Å². The average Bonchev–Trinajstić information content (AvgIpc) is 2.24. The third-order valence-electron chi connectivity index (χ3n) is 3.17. The van der Waals surface area contributed by atoms with E-state index < -0.39 is 11.9 Å². The van der Waals surface area contributed by atoms with Crippen molar-refractivity contribution >= 4 is 12.0 Å². The van der Waals surface area contributed by atoms with Crippen LogP contribution in [0.2, 0.25) is 0 Å². The van der Waals surface area contributed by atoms with Crippen molar-refractivity contribution < 1.29 is 14.7 Å². The lowest BCUT2D eigenvalue weighted by Crippen LogP contribution is -2.46. The Kier molecular flexibility index (Phi) is 7.39. The number of carboxylic acid groups (broad SMARTS) is 1. The molecule has 0 aromatic carbocycles. The molecule has 0 radical (unpaired) electrons. The van der Waals surface area contributed by atoms with Gasteiger partial charge in [-0.25, -0.2) is 4.79 Å². The van der Waals surface area contributed by atoms with E-state index >= 15 is 0 Å². The molecular weight excluding hydrogens is 232 g/mol. The van der Waals surface area contributed by atoms with Gasteiger partial charge in [0.1, 0.15) is 0 Å². The standard InChI is InChI=1S/C13H26N2O3/c1-6-11(9(4)5)15-13(18)14-7-10(8(2)3)12(16)17/h8-11H,6-7H2,1-5H3,(H,16,17)(H2,14,15,18). The Morgan fingerprint density at radius 3 is 2.00 bits per heavy atom. The largest absolute Gasteiger partial charge is 0.481 e. The molecule has 0 aromatic rings. The third kappa shape index (κ3) is 5.89. The molecule has 2 unspecified atom stereocenters. The van der Waals surface area contributed by atoms with E-state index in [2.05, 4.69) is 10.6 Å². The Balaban J connectivity index is 4.20. The highest BCUT2D eigenvalue weighted by Crippen LogP contribution is 2.10. The molecule has 3 N–H and O–H groups in total. The summed E-state index contributed by atoms with van der Waals surface area (Å²) in [4.78, 5) is 22.6. The maximum absolute atomic E-state index is 11.7. The summed E-state index contributed by atoms with van der Waals surface area (Å²) in [5.41, 5.74) is 0. The van der Waals surface area contributed by atoms with E-state index in [1.165, 1.54) is 0 Å². The number of amides is 2. The van der Waals surface area contributed by atoms with Crippen LogP contribution in [0.15, 0.2) is 0 Å². The van der Waals surface area contributed by atoms with E-state index in [-0.39, 0.29) is 24.5 Å². The highest BCUT2D eigenvalue weighted by Gasteiger charge is 2.22. The summed E-state index contributed by atoms with van der Waals surface area (Å²) in [6, 6.07) is -0.172. The van der Waals surface area contributed by atoms with E-state index in [0.29, 0.717) is 5.92 Å². The quantitative estimate of drug-likeness (QED) is 0.654. The highest BCUT2D eigenvalue weighted by molar-refractivity contribution is 5.76. The molecule has 0 bridgehead atoms. The number of aliphatic carboxylic acids is 1. The molecule has 0 aliphatic rings. The summed E-state index contributed by atoms with van der Waals surface area (Å²) >= 11 is 0. The van der Waals surface area contributed by atoms with Gasteiger partial charge in [-0.3, -0.25) is 4.79 Å². The number of hydrogen-bond acceptors (Lipinski definition) is 2. The van der Waals surface area contributed by atoms with Crippen molar-refractivity contribution in [3.8, 4) is 0 Å². The van der Waals surface area contributed by atoms with Crippen molar-refractivity contribution in [1.29, 1.82) is 0 Å². The van der Waals surface area contributed by atoms with Crippen LogP contribution in [0.3, 0.4) is 0 Å². The molecule has 106 valence electrons. The van der Waals surface area contributed by atoms with Crippen LogP contribution in [-0.2, 0) is 4.79 Å². The second-order valence-corrected chi connectivity index (χ2v) is 5.30. The SMILES string of the molecule is CCC(NC(=O)NCC(C(=O)O)C(C)C)C(C)C. The Labute approximate surface area is 109 Å². The van der Waals surface area contributed by atoms with E-state index in [0.717, 1.165) is 6.42 Å². The lowest BCUT2D eigenvalue weighted by molar-refractivity contribution is -0.142. The Morgan fingerprint density at radius 1 is 1.11 bits per heavy atom. The smallest absolute Gasteiger partial charge is 0.315 e. The number of urea groups is 1. The molecule has 0 heterocycles. The van der Waals surface area contributed by atoms with Crippen LogP contribution in [0.4, 0.5) is 4.79 Å². The van der Waals surface area contributed by atoms with Gasteiger partial charge in [-0.2, -0.15) is 0 Å². The van der Waals surface area contributed by atoms with Gasteiger partial charge in [0.25, 0.3) is 0 Å². The van der Waals surface area contributed by atoms with E-state index in [4.69, 9.17) is 5.11 Å². The maximum Gasteiger partial charge on any atom is 0.315 e. The van der Waals surface area contributed by atoms with Crippen LogP contribution in [0, 0.1) is 17.8 Å². The summed E-state index contributed by atoms with van der Waals surface area (Å²) < 4.78 is 0. The molecule has 5 nitrogen and oxygen atoms in total. The fourth-order valence-electron chi connectivity index (χ4n) is 1.77. The predicted molar refractivity (Wildman–Crippen MR) is 71.4 cm³/mol. The van der Waals surface area contributed by atoms with Crippen molar-refractivity contribution in [2.24, 2.45) is 17.8 Å². The van der Waals surface area contributed by atoms with Gasteiger partial charge in [-0.05, 0) is 18.3 Å². The lowest BCUT2D eigenvalue weighted by atomic mass is 9.96. The van der Waals surface area contributed by atoms with Crippen molar-refractivity contribution in [2.45, 2.75) is 47.1 Å². The molecule has 0 rings (SSSR count). The first-order chi connectivity index (χ1) is 8.29. The molecule has 0 aromatic heterocycles. The van der Waals surface area contributed by atoms with E-state index in [1.807, 2.05) is 34.6 Å². The van der Waals surface area contributed by atoms with Gasteiger partial charge in [-0.15, -0.1) is 0 Å². The number of carbonyl (C=O) groups excluding carboxylic acids is 1. The van der Waals surface area contributed by atoms with Crippen molar-refractivity contribution in [2.75, 3.05) is 6.54 Å². The van der Waals surface area contributed by atoms with Gasteiger partial charge >= 0.3 is 12.0 Å². The molecular formula is C13H26N2O3. The first kappa shape index (κ1) is 16.7. The number of nitrogens with one attached hydrogen (secondary N) is 2.